The van der Waals surface area contributed by atoms with E-state index < -0.39 is 0 Å². The summed E-state index contributed by atoms with van der Waals surface area (Å²) in [7, 11) is 0. The highest BCUT2D eigenvalue weighted by molar-refractivity contribution is 5.93. The molecule has 1 unspecified atom stereocenters. The number of nitrogens with one attached hydrogen (secondary N) is 2. The summed E-state index contributed by atoms with van der Waals surface area (Å²) in [6.45, 7) is 14.4. The first-order valence-electron chi connectivity index (χ1n) is 8.92. The van der Waals surface area contributed by atoms with Crippen molar-refractivity contribution in [1.29, 1.82) is 0 Å². The molecule has 0 aliphatic heterocycles. The molecule has 5 nitrogen and oxygen atoms in total. The van der Waals surface area contributed by atoms with Crippen LogP contribution in [0.3, 0.4) is 0 Å². The van der Waals surface area contributed by atoms with Gasteiger partial charge in [0.25, 0.3) is 5.91 Å². The van der Waals surface area contributed by atoms with Crippen molar-refractivity contribution in [3.63, 3.8) is 0 Å². The van der Waals surface area contributed by atoms with E-state index in [1.807, 2.05) is 13.8 Å². The molecule has 1 amide bonds. The molecule has 132 valence electrons. The number of carbonyl (C=O) groups excluding carboxylic acids is 1. The van der Waals surface area contributed by atoms with Gasteiger partial charge in [-0.3, -0.25) is 4.79 Å². The monoisotopic (exact) mass is 323 g/mol. The molecule has 0 aliphatic rings. The number of aryl methyl sites for hydroxylation is 1. The molecule has 0 radical (unpaired) electrons. The SMILES string of the molecule is CCCNCC(CC)(CC)C(C)NC(=O)c1noc(CC)c1C. The summed E-state index contributed by atoms with van der Waals surface area (Å²) >= 11 is 0. The quantitative estimate of drug-likeness (QED) is 0.647. The zero-order chi connectivity index (χ0) is 17.5. The van der Waals surface area contributed by atoms with E-state index in [0.29, 0.717) is 5.69 Å². The van der Waals surface area contributed by atoms with E-state index in [1.54, 1.807) is 0 Å². The van der Waals surface area contributed by atoms with Crippen molar-refractivity contribution in [2.45, 2.75) is 73.3 Å². The third-order valence-corrected chi connectivity index (χ3v) is 5.14. The zero-order valence-corrected chi connectivity index (χ0v) is 15.6. The Bertz CT molecular complexity index is 492. The van der Waals surface area contributed by atoms with Crippen LogP contribution in [0.2, 0.25) is 0 Å². The minimum absolute atomic E-state index is 0.0516. The van der Waals surface area contributed by atoms with Crippen LogP contribution in [-0.2, 0) is 6.42 Å². The van der Waals surface area contributed by atoms with Gasteiger partial charge < -0.3 is 15.2 Å². The lowest BCUT2D eigenvalue weighted by molar-refractivity contribution is 0.0863. The maximum atomic E-state index is 12.6. The van der Waals surface area contributed by atoms with Crippen molar-refractivity contribution in [2.24, 2.45) is 5.41 Å². The minimum atomic E-state index is -0.139. The highest BCUT2D eigenvalue weighted by Crippen LogP contribution is 2.30. The second-order valence-corrected chi connectivity index (χ2v) is 6.37. The van der Waals surface area contributed by atoms with E-state index >= 15 is 0 Å². The molecule has 1 heterocycles. The van der Waals surface area contributed by atoms with Gasteiger partial charge in [-0.25, -0.2) is 0 Å². The summed E-state index contributed by atoms with van der Waals surface area (Å²) in [5.41, 5.74) is 1.31. The van der Waals surface area contributed by atoms with Gasteiger partial charge in [-0.05, 0) is 39.7 Å². The van der Waals surface area contributed by atoms with Crippen LogP contribution in [0.4, 0.5) is 0 Å². The van der Waals surface area contributed by atoms with Crippen molar-refractivity contribution >= 4 is 5.91 Å². The van der Waals surface area contributed by atoms with Crippen molar-refractivity contribution in [1.82, 2.24) is 15.8 Å². The predicted molar refractivity (Wildman–Crippen MR) is 93.7 cm³/mol. The van der Waals surface area contributed by atoms with Crippen molar-refractivity contribution in [2.75, 3.05) is 13.1 Å². The van der Waals surface area contributed by atoms with Crippen LogP contribution in [0.5, 0.6) is 0 Å². The van der Waals surface area contributed by atoms with E-state index in [0.717, 1.165) is 50.1 Å². The van der Waals surface area contributed by atoms with E-state index in [9.17, 15) is 4.79 Å². The van der Waals surface area contributed by atoms with Crippen LogP contribution in [0.15, 0.2) is 4.52 Å². The first-order valence-corrected chi connectivity index (χ1v) is 8.92. The van der Waals surface area contributed by atoms with Crippen LogP contribution in [0.1, 0.15) is 75.7 Å². The Hall–Kier alpha value is -1.36. The molecule has 0 aliphatic carbocycles. The van der Waals surface area contributed by atoms with E-state index in [4.69, 9.17) is 4.52 Å². The third-order valence-electron chi connectivity index (χ3n) is 5.14. The van der Waals surface area contributed by atoms with Gasteiger partial charge in [-0.1, -0.05) is 32.9 Å². The van der Waals surface area contributed by atoms with Crippen molar-refractivity contribution in [3.8, 4) is 0 Å². The topological polar surface area (TPSA) is 67.2 Å². The molecule has 0 spiro atoms. The Kier molecular flexibility index (Phi) is 7.76. The maximum absolute atomic E-state index is 12.6. The number of hydrogen-bond donors (Lipinski definition) is 2. The number of aromatic nitrogens is 1. The number of carbonyl (C=O) groups is 1. The Labute approximate surface area is 140 Å². The lowest BCUT2D eigenvalue weighted by Gasteiger charge is -2.38. The lowest BCUT2D eigenvalue weighted by atomic mass is 9.76. The van der Waals surface area contributed by atoms with Gasteiger partial charge in [0.15, 0.2) is 5.69 Å². The molecule has 1 rings (SSSR count). The third kappa shape index (κ3) is 4.56. The number of rotatable bonds is 10. The second kappa shape index (κ2) is 9.06. The zero-order valence-electron chi connectivity index (χ0n) is 15.6. The van der Waals surface area contributed by atoms with Gasteiger partial charge in [-0.15, -0.1) is 0 Å². The largest absolute Gasteiger partial charge is 0.360 e. The number of amides is 1. The molecule has 5 heteroatoms. The van der Waals surface area contributed by atoms with Crippen LogP contribution in [0, 0.1) is 12.3 Å². The first-order chi connectivity index (χ1) is 11.0. The minimum Gasteiger partial charge on any atom is -0.360 e. The van der Waals surface area contributed by atoms with Crippen LogP contribution < -0.4 is 10.6 Å². The van der Waals surface area contributed by atoms with Gasteiger partial charge in [0.1, 0.15) is 5.76 Å². The molecule has 1 aromatic rings. The summed E-state index contributed by atoms with van der Waals surface area (Å²) in [5.74, 6) is 0.643. The average molecular weight is 323 g/mol. The maximum Gasteiger partial charge on any atom is 0.273 e. The Morgan fingerprint density at radius 1 is 1.26 bits per heavy atom. The normalized spacial score (nSPS) is 13.1. The molecule has 0 saturated heterocycles. The van der Waals surface area contributed by atoms with Crippen molar-refractivity contribution in [3.05, 3.63) is 17.0 Å². The molecule has 0 fully saturated rings. The van der Waals surface area contributed by atoms with E-state index in [2.05, 4.69) is 43.5 Å². The molecule has 2 N–H and O–H groups in total. The van der Waals surface area contributed by atoms with E-state index in [-0.39, 0.29) is 17.4 Å². The van der Waals surface area contributed by atoms with E-state index in [1.165, 1.54) is 0 Å². The molecule has 1 atom stereocenters. The number of nitrogens with zero attached hydrogens (tertiary/aromatic N) is 1. The molecule has 0 aromatic carbocycles. The first kappa shape index (κ1) is 19.7. The van der Waals surface area contributed by atoms with Crippen LogP contribution in [0.25, 0.3) is 0 Å². The standard InChI is InChI=1S/C18H33N3O2/c1-7-11-19-12-18(9-3,10-4)14(6)20-17(22)16-13(5)15(8-2)23-21-16/h14,19H,7-12H2,1-6H3,(H,20,22). The average Bonchev–Trinajstić information content (AvgIpc) is 2.92. The summed E-state index contributed by atoms with van der Waals surface area (Å²) in [5, 5.41) is 10.6. The molecular weight excluding hydrogens is 290 g/mol. The molecular formula is C18H33N3O2. The highest BCUT2D eigenvalue weighted by atomic mass is 16.5. The Morgan fingerprint density at radius 3 is 2.39 bits per heavy atom. The summed E-state index contributed by atoms with van der Waals surface area (Å²) in [4.78, 5) is 12.6. The molecule has 1 aromatic heterocycles. The summed E-state index contributed by atoms with van der Waals surface area (Å²) in [6, 6.07) is 0.0653. The Morgan fingerprint density at radius 2 is 1.91 bits per heavy atom. The predicted octanol–water partition coefficient (Wildman–Crippen LogP) is 3.47. The summed E-state index contributed by atoms with van der Waals surface area (Å²) in [6.07, 6.45) is 3.89. The Balaban J connectivity index is 2.82. The van der Waals surface area contributed by atoms with Gasteiger partial charge >= 0.3 is 0 Å². The van der Waals surface area contributed by atoms with Gasteiger partial charge in [0, 0.05) is 30.0 Å². The van der Waals surface area contributed by atoms with Crippen molar-refractivity contribution < 1.29 is 9.32 Å². The fourth-order valence-corrected chi connectivity index (χ4v) is 3.11. The summed E-state index contributed by atoms with van der Waals surface area (Å²) < 4.78 is 5.24. The second-order valence-electron chi connectivity index (χ2n) is 6.37. The van der Waals surface area contributed by atoms with Gasteiger partial charge in [-0.2, -0.15) is 0 Å². The van der Waals surface area contributed by atoms with Crippen LogP contribution >= 0.6 is 0 Å². The molecule has 0 bridgehead atoms. The highest BCUT2D eigenvalue weighted by Gasteiger charge is 2.34. The van der Waals surface area contributed by atoms with Crippen LogP contribution in [-0.4, -0.2) is 30.2 Å². The molecule has 0 saturated carbocycles. The van der Waals surface area contributed by atoms with Gasteiger partial charge in [0.05, 0.1) is 0 Å². The van der Waals surface area contributed by atoms with Gasteiger partial charge in [0.2, 0.25) is 0 Å². The smallest absolute Gasteiger partial charge is 0.273 e. The molecule has 23 heavy (non-hydrogen) atoms. The lowest BCUT2D eigenvalue weighted by Crippen LogP contribution is -2.50. The fourth-order valence-electron chi connectivity index (χ4n) is 3.11. The number of hydrogen-bond acceptors (Lipinski definition) is 4. The fraction of sp³-hybridized carbons (Fsp3) is 0.778.